The average molecular weight is 939 g/mol. The molecule has 8 atom stereocenters. The molecular formula is C56H42O14. The molecule has 0 radical (unpaired) electrons. The van der Waals surface area contributed by atoms with Crippen LogP contribution in [0.5, 0.6) is 74.7 Å². The number of aliphatic hydroxyl groups excluding tert-OH is 1. The lowest BCUT2D eigenvalue weighted by molar-refractivity contribution is 0.157. The van der Waals surface area contributed by atoms with Gasteiger partial charge in [0, 0.05) is 64.1 Å². The largest absolute Gasteiger partial charge is 0.508 e. The van der Waals surface area contributed by atoms with Gasteiger partial charge in [0.15, 0.2) is 0 Å². The number of rotatable bonds is 6. The third-order valence-electron chi connectivity index (χ3n) is 14.2. The van der Waals surface area contributed by atoms with Crippen LogP contribution in [0, 0.1) is 0 Å². The Morgan fingerprint density at radius 3 is 1.31 bits per heavy atom. The van der Waals surface area contributed by atoms with Crippen molar-refractivity contribution in [2.45, 2.75) is 48.1 Å². The van der Waals surface area contributed by atoms with Crippen molar-refractivity contribution >= 4 is 0 Å². The molecule has 0 fully saturated rings. The van der Waals surface area contributed by atoms with E-state index in [2.05, 4.69) is 0 Å². The van der Waals surface area contributed by atoms with Gasteiger partial charge in [-0.15, -0.1) is 0 Å². The van der Waals surface area contributed by atoms with Crippen LogP contribution in [0.2, 0.25) is 0 Å². The molecule has 350 valence electrons. The van der Waals surface area contributed by atoms with Crippen LogP contribution in [0.15, 0.2) is 140 Å². The molecule has 3 heterocycles. The Balaban J connectivity index is 1.08. The fourth-order valence-electron chi connectivity index (χ4n) is 11.4. The summed E-state index contributed by atoms with van der Waals surface area (Å²) in [6.45, 7) is 0. The van der Waals surface area contributed by atoms with Gasteiger partial charge >= 0.3 is 0 Å². The van der Waals surface area contributed by atoms with Crippen LogP contribution >= 0.6 is 0 Å². The number of hydrogen-bond acceptors (Lipinski definition) is 14. The summed E-state index contributed by atoms with van der Waals surface area (Å²) < 4.78 is 20.2. The van der Waals surface area contributed by atoms with Crippen molar-refractivity contribution in [1.29, 1.82) is 0 Å². The highest BCUT2D eigenvalue weighted by Gasteiger charge is 2.50. The second-order valence-corrected chi connectivity index (χ2v) is 18.3. The van der Waals surface area contributed by atoms with Gasteiger partial charge in [-0.05, 0) is 112 Å². The second kappa shape index (κ2) is 15.6. The normalized spacial score (nSPS) is 22.4. The van der Waals surface area contributed by atoms with Crippen LogP contribution in [0.25, 0.3) is 0 Å². The zero-order valence-corrected chi connectivity index (χ0v) is 36.5. The number of benzene rings is 8. The number of phenolic OH excluding ortho intramolecular Hbond substituents is 10. The highest BCUT2D eigenvalue weighted by atomic mass is 16.5. The lowest BCUT2D eigenvalue weighted by Crippen LogP contribution is -2.17. The first-order chi connectivity index (χ1) is 33.7. The first kappa shape index (κ1) is 42.5. The average Bonchev–Trinajstić information content (AvgIpc) is 3.99. The summed E-state index contributed by atoms with van der Waals surface area (Å²) in [5.41, 5.74) is 5.37. The molecule has 14 heteroatoms. The maximum atomic E-state index is 12.4. The molecule has 0 saturated heterocycles. The van der Waals surface area contributed by atoms with Crippen molar-refractivity contribution in [2.24, 2.45) is 0 Å². The van der Waals surface area contributed by atoms with Gasteiger partial charge in [0.1, 0.15) is 93.1 Å². The zero-order chi connectivity index (χ0) is 48.4. The van der Waals surface area contributed by atoms with E-state index in [1.165, 1.54) is 91.0 Å². The molecule has 0 amide bonds. The SMILES string of the molecule is Oc1ccc(C2Oc3cc(O)c(C4Oc5cc(O)cc6c5C4c4cc(O)cc(O)c4C(c4ccc(O)cc4)C6O)cc3C2c2cc(O)cc3c2C(c2cc(O)cc(O)c2)C(c2ccc(O)cc2)O3)cc1. The van der Waals surface area contributed by atoms with Gasteiger partial charge in [0.25, 0.3) is 0 Å². The van der Waals surface area contributed by atoms with Crippen molar-refractivity contribution in [1.82, 2.24) is 0 Å². The lowest BCUT2D eigenvalue weighted by Gasteiger charge is -2.28. The first-order valence-electron chi connectivity index (χ1n) is 22.4. The molecule has 1 aliphatic carbocycles. The molecule has 0 spiro atoms. The Morgan fingerprint density at radius 2 is 0.729 bits per heavy atom. The Kier molecular flexibility index (Phi) is 9.46. The third kappa shape index (κ3) is 6.66. The van der Waals surface area contributed by atoms with Crippen LogP contribution in [0.1, 0.15) is 115 Å². The predicted molar refractivity (Wildman–Crippen MR) is 251 cm³/mol. The molecule has 8 aromatic rings. The molecule has 70 heavy (non-hydrogen) atoms. The van der Waals surface area contributed by atoms with Crippen molar-refractivity contribution in [3.63, 3.8) is 0 Å². The van der Waals surface area contributed by atoms with Crippen LogP contribution < -0.4 is 14.2 Å². The van der Waals surface area contributed by atoms with E-state index in [1.807, 2.05) is 0 Å². The third-order valence-corrected chi connectivity index (χ3v) is 14.2. The highest BCUT2D eigenvalue weighted by molar-refractivity contribution is 5.68. The summed E-state index contributed by atoms with van der Waals surface area (Å²) in [6, 6.07) is 35.0. The van der Waals surface area contributed by atoms with Crippen molar-refractivity contribution < 1.29 is 70.4 Å². The lowest BCUT2D eigenvalue weighted by atomic mass is 9.75. The molecule has 8 aromatic carbocycles. The summed E-state index contributed by atoms with van der Waals surface area (Å²) in [5, 5.41) is 123. The monoisotopic (exact) mass is 938 g/mol. The van der Waals surface area contributed by atoms with Crippen LogP contribution in [-0.4, -0.2) is 56.2 Å². The van der Waals surface area contributed by atoms with E-state index in [0.29, 0.717) is 50.1 Å². The molecule has 11 N–H and O–H groups in total. The van der Waals surface area contributed by atoms with Gasteiger partial charge in [0.05, 0.1) is 23.9 Å². The van der Waals surface area contributed by atoms with E-state index in [9.17, 15) is 56.2 Å². The molecule has 0 bridgehead atoms. The minimum atomic E-state index is -1.40. The summed E-state index contributed by atoms with van der Waals surface area (Å²) in [4.78, 5) is 0. The summed E-state index contributed by atoms with van der Waals surface area (Å²) in [5.74, 6) is -4.42. The number of ether oxygens (including phenoxy) is 3. The summed E-state index contributed by atoms with van der Waals surface area (Å²) in [7, 11) is 0. The number of hydrogen-bond donors (Lipinski definition) is 11. The van der Waals surface area contributed by atoms with E-state index in [0.717, 1.165) is 0 Å². The van der Waals surface area contributed by atoms with Gasteiger partial charge in [-0.25, -0.2) is 0 Å². The molecule has 12 rings (SSSR count). The quantitative estimate of drug-likeness (QED) is 0.0743. The summed E-state index contributed by atoms with van der Waals surface area (Å²) >= 11 is 0. The summed E-state index contributed by atoms with van der Waals surface area (Å²) in [6.07, 6.45) is -4.21. The first-order valence-corrected chi connectivity index (χ1v) is 22.4. The van der Waals surface area contributed by atoms with Crippen molar-refractivity contribution in [3.05, 3.63) is 206 Å². The maximum Gasteiger partial charge on any atom is 0.138 e. The molecule has 3 aliphatic heterocycles. The Labute approximate surface area is 398 Å². The zero-order valence-electron chi connectivity index (χ0n) is 36.5. The molecule has 0 saturated carbocycles. The molecular weight excluding hydrogens is 897 g/mol. The van der Waals surface area contributed by atoms with Crippen LogP contribution in [-0.2, 0) is 0 Å². The van der Waals surface area contributed by atoms with Gasteiger partial charge in [-0.1, -0.05) is 36.4 Å². The number of fused-ring (bicyclic) bond motifs is 4. The van der Waals surface area contributed by atoms with E-state index in [-0.39, 0.29) is 91.4 Å². The fourth-order valence-corrected chi connectivity index (χ4v) is 11.4. The van der Waals surface area contributed by atoms with Gasteiger partial charge in [0.2, 0.25) is 0 Å². The highest BCUT2D eigenvalue weighted by Crippen LogP contribution is 2.64. The van der Waals surface area contributed by atoms with E-state index in [1.54, 1.807) is 48.5 Å². The Morgan fingerprint density at radius 1 is 0.271 bits per heavy atom. The number of aromatic hydroxyl groups is 10. The minimum Gasteiger partial charge on any atom is -0.508 e. The fraction of sp³-hybridized carbons (Fsp3) is 0.143. The standard InChI is InChI=1S/C56H42O14/c57-28-7-1-24(2-8-28)46-49-39(16-33(62)19-42(49)66)52-51-40(53(46)67)18-35(64)21-45(51)70-56(52)36-22-37-43(23-41(36)65)68-55(26-5-11-30(59)12-6-26)48(37)38-17-34(63)20-44-50(38)47(27-13-31(60)15-32(61)14-27)54(69-44)25-3-9-29(58)10-4-25/h1-23,46-48,52-67H. The smallest absolute Gasteiger partial charge is 0.138 e. The molecule has 14 nitrogen and oxygen atoms in total. The predicted octanol–water partition coefficient (Wildman–Crippen LogP) is 9.72. The van der Waals surface area contributed by atoms with E-state index < -0.39 is 48.1 Å². The van der Waals surface area contributed by atoms with Crippen LogP contribution in [0.3, 0.4) is 0 Å². The maximum absolute atomic E-state index is 12.4. The van der Waals surface area contributed by atoms with E-state index in [4.69, 9.17) is 14.2 Å². The van der Waals surface area contributed by atoms with E-state index >= 15 is 0 Å². The molecule has 0 aromatic heterocycles. The molecule has 8 unspecified atom stereocenters. The Hall–Kier alpha value is -8.88. The van der Waals surface area contributed by atoms with Gasteiger partial charge < -0.3 is 70.4 Å². The molecule has 4 aliphatic rings. The van der Waals surface area contributed by atoms with Crippen LogP contribution in [0.4, 0.5) is 0 Å². The van der Waals surface area contributed by atoms with Gasteiger partial charge in [-0.3, -0.25) is 0 Å². The second-order valence-electron chi connectivity index (χ2n) is 18.3. The van der Waals surface area contributed by atoms with Crippen molar-refractivity contribution in [2.75, 3.05) is 0 Å². The number of aliphatic hydroxyl groups is 1. The minimum absolute atomic E-state index is 0.00441. The van der Waals surface area contributed by atoms with Crippen molar-refractivity contribution in [3.8, 4) is 74.7 Å². The Bertz CT molecular complexity index is 3410. The topological polar surface area (TPSA) is 250 Å². The number of phenols is 10. The van der Waals surface area contributed by atoms with Gasteiger partial charge in [-0.2, -0.15) is 0 Å².